The van der Waals surface area contributed by atoms with Crippen molar-refractivity contribution in [1.29, 1.82) is 0 Å². The molecule has 9 heteroatoms. The molecule has 0 rings (SSSR count). The van der Waals surface area contributed by atoms with Crippen molar-refractivity contribution >= 4 is 29.5 Å². The molecule has 0 fully saturated rings. The first-order chi connectivity index (χ1) is 10.8. The van der Waals surface area contributed by atoms with Crippen molar-refractivity contribution in [3.63, 3.8) is 0 Å². The molecule has 7 N–H and O–H groups in total. The Labute approximate surface area is 141 Å². The van der Waals surface area contributed by atoms with Crippen molar-refractivity contribution in [2.24, 2.45) is 11.5 Å². The molecule has 0 aliphatic heterocycles. The number of rotatable bonds is 12. The van der Waals surface area contributed by atoms with Crippen molar-refractivity contribution in [2.45, 2.75) is 50.7 Å². The van der Waals surface area contributed by atoms with Gasteiger partial charge in [-0.15, -0.1) is 0 Å². The van der Waals surface area contributed by atoms with Crippen molar-refractivity contribution in [1.82, 2.24) is 10.6 Å². The summed E-state index contributed by atoms with van der Waals surface area (Å²) >= 11 is 1.53. The first-order valence-electron chi connectivity index (χ1n) is 7.61. The second-order valence-electron chi connectivity index (χ2n) is 5.32. The summed E-state index contributed by atoms with van der Waals surface area (Å²) in [5.74, 6) is -1.39. The largest absolute Gasteiger partial charge is 0.480 e. The van der Waals surface area contributed by atoms with Gasteiger partial charge in [0.05, 0.1) is 6.04 Å². The Morgan fingerprint density at radius 3 is 2.17 bits per heavy atom. The number of carbonyl (C=O) groups excluding carboxylic acids is 2. The Morgan fingerprint density at radius 2 is 1.70 bits per heavy atom. The molecule has 0 aromatic heterocycles. The Hall–Kier alpha value is -1.32. The van der Waals surface area contributed by atoms with Gasteiger partial charge in [-0.3, -0.25) is 9.59 Å². The van der Waals surface area contributed by atoms with E-state index in [9.17, 15) is 19.5 Å². The fraction of sp³-hybridized carbons (Fsp3) is 0.786. The summed E-state index contributed by atoms with van der Waals surface area (Å²) in [6.45, 7) is 1.99. The van der Waals surface area contributed by atoms with E-state index < -0.39 is 35.9 Å². The number of thioether (sulfide) groups is 1. The third-order valence-corrected chi connectivity index (χ3v) is 3.86. The van der Waals surface area contributed by atoms with Crippen LogP contribution in [0.4, 0.5) is 0 Å². The predicted molar refractivity (Wildman–Crippen MR) is 91.1 cm³/mol. The Balaban J connectivity index is 4.75. The Bertz CT molecular complexity index is 393. The van der Waals surface area contributed by atoms with Crippen LogP contribution in [0.15, 0.2) is 0 Å². The molecular formula is C14H28N4O4S. The predicted octanol–water partition coefficient (Wildman–Crippen LogP) is -0.730. The number of nitrogens with two attached hydrogens (primary N) is 2. The van der Waals surface area contributed by atoms with Gasteiger partial charge in [0.2, 0.25) is 11.8 Å². The standard InChI is InChI=1S/C14H28N4O4S/c1-9(16)12(19)17-10(6-8-23-2)13(20)18-11(14(21)22)5-3-4-7-15/h9-11H,3-8,15-16H2,1-2H3,(H,17,19)(H,18,20)(H,21,22)/t9-,10-,11-/m0/s1. The molecule has 8 nitrogen and oxygen atoms in total. The highest BCUT2D eigenvalue weighted by Crippen LogP contribution is 2.05. The summed E-state index contributed by atoms with van der Waals surface area (Å²) in [5.41, 5.74) is 10.9. The number of unbranched alkanes of at least 4 members (excludes halogenated alkanes) is 1. The number of hydrogen-bond acceptors (Lipinski definition) is 6. The van der Waals surface area contributed by atoms with Crippen LogP contribution in [-0.2, 0) is 14.4 Å². The first-order valence-corrected chi connectivity index (χ1v) is 9.01. The average molecular weight is 348 g/mol. The van der Waals surface area contributed by atoms with Crippen LogP contribution in [0, 0.1) is 0 Å². The molecule has 0 saturated heterocycles. The maximum absolute atomic E-state index is 12.3. The summed E-state index contributed by atoms with van der Waals surface area (Å²) in [7, 11) is 0. The number of carbonyl (C=O) groups is 3. The van der Waals surface area contributed by atoms with Crippen LogP contribution in [0.1, 0.15) is 32.6 Å². The van der Waals surface area contributed by atoms with E-state index in [4.69, 9.17) is 11.5 Å². The summed E-state index contributed by atoms with van der Waals surface area (Å²) in [4.78, 5) is 35.2. The number of aliphatic carboxylic acids is 1. The molecule has 23 heavy (non-hydrogen) atoms. The summed E-state index contributed by atoms with van der Waals surface area (Å²) in [6.07, 6.45) is 3.89. The number of amides is 2. The van der Waals surface area contributed by atoms with E-state index in [0.717, 1.165) is 0 Å². The summed E-state index contributed by atoms with van der Waals surface area (Å²) in [6, 6.07) is -2.52. The van der Waals surface area contributed by atoms with Crippen LogP contribution in [-0.4, -0.2) is 59.6 Å². The smallest absolute Gasteiger partial charge is 0.326 e. The average Bonchev–Trinajstić information content (AvgIpc) is 2.49. The van der Waals surface area contributed by atoms with Gasteiger partial charge in [-0.25, -0.2) is 4.79 Å². The molecule has 0 aliphatic rings. The minimum atomic E-state index is -1.10. The van der Waals surface area contributed by atoms with Gasteiger partial charge in [-0.1, -0.05) is 0 Å². The second kappa shape index (κ2) is 12.1. The quantitative estimate of drug-likeness (QED) is 0.292. The Kier molecular flexibility index (Phi) is 11.4. The van der Waals surface area contributed by atoms with Gasteiger partial charge in [0, 0.05) is 0 Å². The zero-order valence-corrected chi connectivity index (χ0v) is 14.5. The van der Waals surface area contributed by atoms with Gasteiger partial charge in [0.1, 0.15) is 12.1 Å². The lowest BCUT2D eigenvalue weighted by Crippen LogP contribution is -2.54. The van der Waals surface area contributed by atoms with Crippen molar-refractivity contribution < 1.29 is 19.5 Å². The molecule has 0 aromatic carbocycles. The molecule has 0 spiro atoms. The van der Waals surface area contributed by atoms with Gasteiger partial charge in [0.15, 0.2) is 0 Å². The zero-order valence-electron chi connectivity index (χ0n) is 13.7. The molecule has 0 unspecified atom stereocenters. The summed E-state index contributed by atoms with van der Waals surface area (Å²) < 4.78 is 0. The van der Waals surface area contributed by atoms with Gasteiger partial charge in [-0.2, -0.15) is 11.8 Å². The second-order valence-corrected chi connectivity index (χ2v) is 6.30. The van der Waals surface area contributed by atoms with Gasteiger partial charge in [-0.05, 0) is 51.2 Å². The highest BCUT2D eigenvalue weighted by atomic mass is 32.2. The SMILES string of the molecule is CSCC[C@H](NC(=O)[C@H](C)N)C(=O)N[C@@H](CCCCN)C(=O)O. The minimum Gasteiger partial charge on any atom is -0.480 e. The lowest BCUT2D eigenvalue weighted by atomic mass is 10.1. The van der Waals surface area contributed by atoms with E-state index in [2.05, 4.69) is 10.6 Å². The van der Waals surface area contributed by atoms with Gasteiger partial charge >= 0.3 is 5.97 Å². The molecule has 0 aliphatic carbocycles. The molecule has 0 saturated carbocycles. The molecule has 0 heterocycles. The fourth-order valence-electron chi connectivity index (χ4n) is 1.83. The normalized spacial score (nSPS) is 14.6. The molecule has 0 aromatic rings. The number of hydrogen-bond donors (Lipinski definition) is 5. The molecule has 0 bridgehead atoms. The first kappa shape index (κ1) is 21.7. The fourth-order valence-corrected chi connectivity index (χ4v) is 2.30. The van der Waals surface area contributed by atoms with Crippen LogP contribution in [0.5, 0.6) is 0 Å². The highest BCUT2D eigenvalue weighted by Gasteiger charge is 2.26. The molecule has 0 radical (unpaired) electrons. The maximum atomic E-state index is 12.3. The van der Waals surface area contributed by atoms with Gasteiger partial charge in [0.25, 0.3) is 0 Å². The van der Waals surface area contributed by atoms with E-state index in [1.807, 2.05) is 6.26 Å². The van der Waals surface area contributed by atoms with Crippen molar-refractivity contribution in [3.05, 3.63) is 0 Å². The van der Waals surface area contributed by atoms with Crippen LogP contribution in [0.3, 0.4) is 0 Å². The van der Waals surface area contributed by atoms with E-state index in [1.54, 1.807) is 0 Å². The topological polar surface area (TPSA) is 148 Å². The number of carboxylic acids is 1. The molecule has 134 valence electrons. The zero-order chi connectivity index (χ0) is 17.8. The lowest BCUT2D eigenvalue weighted by molar-refractivity contribution is -0.142. The van der Waals surface area contributed by atoms with E-state index in [1.165, 1.54) is 18.7 Å². The monoisotopic (exact) mass is 348 g/mol. The highest BCUT2D eigenvalue weighted by molar-refractivity contribution is 7.98. The molecular weight excluding hydrogens is 320 g/mol. The van der Waals surface area contributed by atoms with E-state index in [0.29, 0.717) is 38.0 Å². The minimum absolute atomic E-state index is 0.300. The number of nitrogens with one attached hydrogen (secondary N) is 2. The third kappa shape index (κ3) is 9.42. The van der Waals surface area contributed by atoms with E-state index in [-0.39, 0.29) is 0 Å². The summed E-state index contributed by atoms with van der Waals surface area (Å²) in [5, 5.41) is 14.2. The Morgan fingerprint density at radius 1 is 1.09 bits per heavy atom. The molecule has 2 amide bonds. The van der Waals surface area contributed by atoms with Crippen LogP contribution in [0.2, 0.25) is 0 Å². The van der Waals surface area contributed by atoms with Crippen LogP contribution >= 0.6 is 11.8 Å². The third-order valence-electron chi connectivity index (χ3n) is 3.22. The van der Waals surface area contributed by atoms with Crippen molar-refractivity contribution in [3.8, 4) is 0 Å². The van der Waals surface area contributed by atoms with E-state index >= 15 is 0 Å². The van der Waals surface area contributed by atoms with Crippen LogP contribution < -0.4 is 22.1 Å². The van der Waals surface area contributed by atoms with Crippen molar-refractivity contribution in [2.75, 3.05) is 18.6 Å². The molecule has 3 atom stereocenters. The lowest BCUT2D eigenvalue weighted by Gasteiger charge is -2.22. The maximum Gasteiger partial charge on any atom is 0.326 e. The van der Waals surface area contributed by atoms with Gasteiger partial charge < -0.3 is 27.2 Å². The number of carboxylic acid groups (broad SMARTS) is 1. The van der Waals surface area contributed by atoms with Crippen LogP contribution in [0.25, 0.3) is 0 Å².